The molecular weight excluding hydrogens is 410 g/mol. The molecule has 5 rings (SSSR count). The standard InChI is InChI=1S/C29H29NO3/c1-33-27-15-9-8-10-21(27)18-28(32)30-19-24-25(20-30)29(17-16-26(24)31,22-11-4-2-5-12-22)23-13-6-3-7-14-23/h2-15,24-25H,16-20H2,1H3/t24-,25+/m1/s1. The van der Waals surface area contributed by atoms with Gasteiger partial charge in [0.25, 0.3) is 0 Å². The minimum absolute atomic E-state index is 0.0525. The summed E-state index contributed by atoms with van der Waals surface area (Å²) in [6, 6.07) is 28.7. The van der Waals surface area contributed by atoms with Crippen molar-refractivity contribution < 1.29 is 14.3 Å². The van der Waals surface area contributed by atoms with E-state index in [0.717, 1.165) is 17.7 Å². The normalized spacial score (nSPS) is 21.5. The number of hydrogen-bond donors (Lipinski definition) is 0. The molecule has 168 valence electrons. The van der Waals surface area contributed by atoms with Gasteiger partial charge in [-0.15, -0.1) is 0 Å². The third-order valence-electron chi connectivity index (χ3n) is 7.60. The van der Waals surface area contributed by atoms with Crippen molar-refractivity contribution in [1.82, 2.24) is 4.90 Å². The molecule has 1 saturated carbocycles. The molecule has 0 radical (unpaired) electrons. The van der Waals surface area contributed by atoms with Gasteiger partial charge in [0.1, 0.15) is 11.5 Å². The number of fused-ring (bicyclic) bond motifs is 1. The van der Waals surface area contributed by atoms with Crippen molar-refractivity contribution in [3.05, 3.63) is 102 Å². The van der Waals surface area contributed by atoms with Gasteiger partial charge in [0.15, 0.2) is 0 Å². The smallest absolute Gasteiger partial charge is 0.227 e. The average Bonchev–Trinajstić information content (AvgIpc) is 3.33. The first-order valence-electron chi connectivity index (χ1n) is 11.7. The number of carbonyl (C=O) groups is 2. The topological polar surface area (TPSA) is 46.6 Å². The van der Waals surface area contributed by atoms with E-state index in [1.807, 2.05) is 41.3 Å². The lowest BCUT2D eigenvalue weighted by Crippen LogP contribution is -2.47. The fraction of sp³-hybridized carbons (Fsp3) is 0.310. The second-order valence-corrected chi connectivity index (χ2v) is 9.17. The van der Waals surface area contributed by atoms with Gasteiger partial charge in [-0.1, -0.05) is 78.9 Å². The second-order valence-electron chi connectivity index (χ2n) is 9.17. The van der Waals surface area contributed by atoms with Gasteiger partial charge in [-0.3, -0.25) is 9.59 Å². The zero-order chi connectivity index (χ0) is 22.8. The maximum Gasteiger partial charge on any atom is 0.227 e. The van der Waals surface area contributed by atoms with Gasteiger partial charge < -0.3 is 9.64 Å². The molecule has 0 aromatic heterocycles. The van der Waals surface area contributed by atoms with E-state index in [1.54, 1.807) is 7.11 Å². The molecule has 3 aromatic carbocycles. The van der Waals surface area contributed by atoms with Crippen molar-refractivity contribution in [3.8, 4) is 5.75 Å². The van der Waals surface area contributed by atoms with Crippen molar-refractivity contribution in [1.29, 1.82) is 0 Å². The van der Waals surface area contributed by atoms with E-state index in [1.165, 1.54) is 11.1 Å². The number of amides is 1. The molecule has 1 heterocycles. The molecule has 3 aromatic rings. The molecule has 4 nitrogen and oxygen atoms in total. The van der Waals surface area contributed by atoms with Gasteiger partial charge in [0, 0.05) is 42.3 Å². The molecular formula is C29H29NO3. The van der Waals surface area contributed by atoms with Gasteiger partial charge in [-0.25, -0.2) is 0 Å². The minimum Gasteiger partial charge on any atom is -0.496 e. The van der Waals surface area contributed by atoms with E-state index >= 15 is 0 Å². The highest BCUT2D eigenvalue weighted by atomic mass is 16.5. The summed E-state index contributed by atoms with van der Waals surface area (Å²) in [6.07, 6.45) is 1.59. The van der Waals surface area contributed by atoms with Crippen molar-refractivity contribution >= 4 is 11.7 Å². The Morgan fingerprint density at radius 3 is 2.15 bits per heavy atom. The molecule has 1 aliphatic carbocycles. The lowest BCUT2D eigenvalue weighted by molar-refractivity contribution is -0.129. The molecule has 1 saturated heterocycles. The molecule has 0 spiro atoms. The Morgan fingerprint density at radius 2 is 1.52 bits per heavy atom. The van der Waals surface area contributed by atoms with Crippen molar-refractivity contribution in [3.63, 3.8) is 0 Å². The van der Waals surface area contributed by atoms with Crippen LogP contribution in [0.4, 0.5) is 0 Å². The summed E-state index contributed by atoms with van der Waals surface area (Å²) in [4.78, 5) is 28.4. The van der Waals surface area contributed by atoms with Crippen molar-refractivity contribution in [2.24, 2.45) is 11.8 Å². The fourth-order valence-electron chi connectivity index (χ4n) is 6.00. The number of likely N-dealkylation sites (tertiary alicyclic amines) is 1. The van der Waals surface area contributed by atoms with Crippen molar-refractivity contribution in [2.45, 2.75) is 24.7 Å². The number of para-hydroxylation sites is 1. The summed E-state index contributed by atoms with van der Waals surface area (Å²) in [5.74, 6) is 0.985. The Bertz CT molecular complexity index is 1100. The van der Waals surface area contributed by atoms with E-state index < -0.39 is 0 Å². The SMILES string of the molecule is COc1ccccc1CC(=O)N1C[C@H]2C(=O)CCC(c3ccccc3)(c3ccccc3)[C@H]2C1. The first-order chi connectivity index (χ1) is 16.1. The molecule has 4 heteroatoms. The Kier molecular flexibility index (Phi) is 5.76. The molecule has 2 fully saturated rings. The summed E-state index contributed by atoms with van der Waals surface area (Å²) >= 11 is 0. The molecule has 33 heavy (non-hydrogen) atoms. The number of ether oxygens (including phenoxy) is 1. The number of ketones is 1. The number of carbonyl (C=O) groups excluding carboxylic acids is 2. The third kappa shape index (κ3) is 3.74. The fourth-order valence-corrected chi connectivity index (χ4v) is 6.00. The summed E-state index contributed by atoms with van der Waals surface area (Å²) in [5.41, 5.74) is 3.07. The molecule has 0 unspecified atom stereocenters. The first-order valence-corrected chi connectivity index (χ1v) is 11.7. The number of benzene rings is 3. The number of nitrogens with zero attached hydrogens (tertiary/aromatic N) is 1. The highest BCUT2D eigenvalue weighted by Crippen LogP contribution is 2.52. The molecule has 0 N–H and O–H groups in total. The van der Waals surface area contributed by atoms with Crippen LogP contribution in [-0.2, 0) is 21.4 Å². The molecule has 2 aliphatic rings. The number of Topliss-reactive ketones (excluding diaryl/α,β-unsaturated/α-hetero) is 1. The second kappa shape index (κ2) is 8.86. The zero-order valence-electron chi connectivity index (χ0n) is 18.9. The monoisotopic (exact) mass is 439 g/mol. The van der Waals surface area contributed by atoms with Crippen LogP contribution < -0.4 is 4.74 Å². The van der Waals surface area contributed by atoms with Gasteiger partial charge >= 0.3 is 0 Å². The Labute approximate surface area is 195 Å². The van der Waals surface area contributed by atoms with Crippen LogP contribution >= 0.6 is 0 Å². The maximum atomic E-state index is 13.4. The first kappa shape index (κ1) is 21.4. The van der Waals surface area contributed by atoms with Crippen LogP contribution in [0.2, 0.25) is 0 Å². The number of methoxy groups -OCH3 is 1. The predicted octanol–water partition coefficient (Wildman–Crippen LogP) is 4.66. The summed E-state index contributed by atoms with van der Waals surface area (Å²) < 4.78 is 5.44. The molecule has 0 bridgehead atoms. The van der Waals surface area contributed by atoms with Crippen LogP contribution in [0, 0.1) is 11.8 Å². The Balaban J connectivity index is 1.50. The lowest BCUT2D eigenvalue weighted by Gasteiger charge is -2.45. The predicted molar refractivity (Wildman–Crippen MR) is 128 cm³/mol. The third-order valence-corrected chi connectivity index (χ3v) is 7.60. The maximum absolute atomic E-state index is 13.4. The summed E-state index contributed by atoms with van der Waals surface area (Å²) in [7, 11) is 1.63. The van der Waals surface area contributed by atoms with Gasteiger partial charge in [0.2, 0.25) is 5.91 Å². The van der Waals surface area contributed by atoms with Crippen LogP contribution in [0.1, 0.15) is 29.5 Å². The summed E-state index contributed by atoms with van der Waals surface area (Å²) in [6.45, 7) is 1.09. The van der Waals surface area contributed by atoms with E-state index in [9.17, 15) is 9.59 Å². The average molecular weight is 440 g/mol. The largest absolute Gasteiger partial charge is 0.496 e. The van der Waals surface area contributed by atoms with Crippen molar-refractivity contribution in [2.75, 3.05) is 20.2 Å². The quantitative estimate of drug-likeness (QED) is 0.581. The lowest BCUT2D eigenvalue weighted by atomic mass is 9.56. The van der Waals surface area contributed by atoms with Crippen LogP contribution in [0.15, 0.2) is 84.9 Å². The van der Waals surface area contributed by atoms with Crippen LogP contribution in [0.25, 0.3) is 0 Å². The van der Waals surface area contributed by atoms with E-state index in [4.69, 9.17) is 4.74 Å². The highest BCUT2D eigenvalue weighted by molar-refractivity contribution is 5.86. The van der Waals surface area contributed by atoms with E-state index in [-0.39, 0.29) is 35.4 Å². The number of rotatable bonds is 5. The minimum atomic E-state index is -0.277. The Hall–Kier alpha value is -3.40. The highest BCUT2D eigenvalue weighted by Gasteiger charge is 2.55. The van der Waals surface area contributed by atoms with Gasteiger partial charge in [0.05, 0.1) is 13.5 Å². The molecule has 2 atom stereocenters. The van der Waals surface area contributed by atoms with Gasteiger partial charge in [-0.05, 0) is 23.6 Å². The summed E-state index contributed by atoms with van der Waals surface area (Å²) in [5, 5.41) is 0. The van der Waals surface area contributed by atoms with Crippen LogP contribution in [-0.4, -0.2) is 36.8 Å². The van der Waals surface area contributed by atoms with E-state index in [0.29, 0.717) is 19.5 Å². The van der Waals surface area contributed by atoms with Gasteiger partial charge in [-0.2, -0.15) is 0 Å². The van der Waals surface area contributed by atoms with Crippen LogP contribution in [0.5, 0.6) is 5.75 Å². The van der Waals surface area contributed by atoms with E-state index in [2.05, 4.69) is 48.5 Å². The molecule has 1 aliphatic heterocycles. The molecule has 1 amide bonds. The Morgan fingerprint density at radius 1 is 0.909 bits per heavy atom. The number of hydrogen-bond acceptors (Lipinski definition) is 3. The zero-order valence-corrected chi connectivity index (χ0v) is 18.9. The van der Waals surface area contributed by atoms with Crippen LogP contribution in [0.3, 0.4) is 0 Å².